The summed E-state index contributed by atoms with van der Waals surface area (Å²) >= 11 is 8.29. The summed E-state index contributed by atoms with van der Waals surface area (Å²) in [5, 5.41) is 5.80. The maximum Gasteiger partial charge on any atom is 0.253 e. The van der Waals surface area contributed by atoms with Gasteiger partial charge in [0.15, 0.2) is 5.11 Å². The van der Waals surface area contributed by atoms with Crippen molar-refractivity contribution in [3.63, 3.8) is 0 Å². The number of thiocarbonyl (C=S) groups is 1. The van der Waals surface area contributed by atoms with E-state index in [1.54, 1.807) is 13.2 Å². The van der Waals surface area contributed by atoms with Gasteiger partial charge < -0.3 is 15.4 Å². The van der Waals surface area contributed by atoms with Crippen molar-refractivity contribution in [1.29, 1.82) is 0 Å². The standard InChI is InChI=1S/C10H9BrN2O2S/c1-15-5-2-3-7(11)6(4-5)8-9(14)13-10(16)12-8/h2-4,8H,1H3,(H2,12,13,14,16). The highest BCUT2D eigenvalue weighted by Crippen LogP contribution is 2.29. The van der Waals surface area contributed by atoms with Crippen LogP contribution in [0.1, 0.15) is 11.6 Å². The fraction of sp³-hybridized carbons (Fsp3) is 0.200. The van der Waals surface area contributed by atoms with Gasteiger partial charge in [-0.2, -0.15) is 0 Å². The molecule has 0 saturated carbocycles. The highest BCUT2D eigenvalue weighted by molar-refractivity contribution is 9.10. The lowest BCUT2D eigenvalue weighted by Crippen LogP contribution is -2.21. The summed E-state index contributed by atoms with van der Waals surface area (Å²) in [4.78, 5) is 11.6. The molecule has 1 aromatic rings. The predicted molar refractivity (Wildman–Crippen MR) is 67.3 cm³/mol. The number of amides is 1. The number of hydrogen-bond donors (Lipinski definition) is 2. The highest BCUT2D eigenvalue weighted by Gasteiger charge is 2.30. The SMILES string of the molecule is COc1ccc(Br)c(C2NC(=S)NC2=O)c1. The summed E-state index contributed by atoms with van der Waals surface area (Å²) in [7, 11) is 1.58. The topological polar surface area (TPSA) is 50.4 Å². The van der Waals surface area contributed by atoms with Crippen molar-refractivity contribution in [2.24, 2.45) is 0 Å². The Morgan fingerprint density at radius 3 is 2.81 bits per heavy atom. The predicted octanol–water partition coefficient (Wildman–Crippen LogP) is 1.50. The number of ether oxygens (including phenoxy) is 1. The first-order chi connectivity index (χ1) is 7.61. The molecule has 0 bridgehead atoms. The number of methoxy groups -OCH3 is 1. The van der Waals surface area contributed by atoms with Crippen LogP contribution in [0.4, 0.5) is 0 Å². The van der Waals surface area contributed by atoms with Crippen LogP contribution in [0.25, 0.3) is 0 Å². The average Bonchev–Trinajstić information content (AvgIpc) is 2.58. The van der Waals surface area contributed by atoms with Crippen LogP contribution in [-0.2, 0) is 4.79 Å². The van der Waals surface area contributed by atoms with Crippen LogP contribution in [0.3, 0.4) is 0 Å². The minimum atomic E-state index is -0.461. The van der Waals surface area contributed by atoms with Gasteiger partial charge in [0.05, 0.1) is 7.11 Å². The van der Waals surface area contributed by atoms with Crippen molar-refractivity contribution in [3.05, 3.63) is 28.2 Å². The second-order valence-electron chi connectivity index (χ2n) is 3.28. The molecular weight excluding hydrogens is 292 g/mol. The fourth-order valence-corrected chi connectivity index (χ4v) is 2.20. The van der Waals surface area contributed by atoms with Gasteiger partial charge in [0, 0.05) is 10.0 Å². The largest absolute Gasteiger partial charge is 0.497 e. The smallest absolute Gasteiger partial charge is 0.253 e. The Morgan fingerprint density at radius 2 is 2.25 bits per heavy atom. The summed E-state index contributed by atoms with van der Waals surface area (Å²) in [6.07, 6.45) is 0. The van der Waals surface area contributed by atoms with Crippen LogP contribution in [0.5, 0.6) is 5.75 Å². The molecule has 6 heteroatoms. The van der Waals surface area contributed by atoms with Crippen LogP contribution in [-0.4, -0.2) is 18.1 Å². The van der Waals surface area contributed by atoms with Gasteiger partial charge >= 0.3 is 0 Å². The lowest BCUT2D eigenvalue weighted by molar-refractivity contribution is -0.120. The second kappa shape index (κ2) is 4.39. The molecule has 0 spiro atoms. The second-order valence-corrected chi connectivity index (χ2v) is 4.55. The molecule has 1 aliphatic heterocycles. The molecule has 1 fully saturated rings. The minimum Gasteiger partial charge on any atom is -0.497 e. The van der Waals surface area contributed by atoms with Gasteiger partial charge in [-0.15, -0.1) is 0 Å². The van der Waals surface area contributed by atoms with Crippen LogP contribution in [0, 0.1) is 0 Å². The van der Waals surface area contributed by atoms with E-state index in [9.17, 15) is 4.79 Å². The van der Waals surface area contributed by atoms with E-state index in [0.717, 1.165) is 10.0 Å². The zero-order valence-electron chi connectivity index (χ0n) is 8.41. The molecule has 1 aliphatic rings. The van der Waals surface area contributed by atoms with Gasteiger partial charge in [0.1, 0.15) is 11.8 Å². The first kappa shape index (κ1) is 11.3. The third-order valence-corrected chi connectivity index (χ3v) is 3.23. The molecule has 1 heterocycles. The zero-order valence-corrected chi connectivity index (χ0v) is 10.8. The van der Waals surface area contributed by atoms with Crippen LogP contribution in [0.15, 0.2) is 22.7 Å². The van der Waals surface area contributed by atoms with E-state index in [-0.39, 0.29) is 5.91 Å². The molecule has 0 aromatic heterocycles. The van der Waals surface area contributed by atoms with Gasteiger partial charge in [-0.05, 0) is 30.4 Å². The van der Waals surface area contributed by atoms with Gasteiger partial charge in [0.25, 0.3) is 5.91 Å². The van der Waals surface area contributed by atoms with E-state index in [1.165, 1.54) is 0 Å². The average molecular weight is 301 g/mol. The third-order valence-electron chi connectivity index (χ3n) is 2.29. The van der Waals surface area contributed by atoms with Gasteiger partial charge in [-0.1, -0.05) is 15.9 Å². The van der Waals surface area contributed by atoms with E-state index in [0.29, 0.717) is 10.9 Å². The molecule has 84 valence electrons. The van der Waals surface area contributed by atoms with Crippen LogP contribution < -0.4 is 15.4 Å². The summed E-state index contributed by atoms with van der Waals surface area (Å²) in [5.41, 5.74) is 0.803. The molecule has 4 nitrogen and oxygen atoms in total. The van der Waals surface area contributed by atoms with E-state index >= 15 is 0 Å². The quantitative estimate of drug-likeness (QED) is 0.813. The molecule has 16 heavy (non-hydrogen) atoms. The first-order valence-corrected chi connectivity index (χ1v) is 5.76. The molecule has 2 rings (SSSR count). The Kier molecular flexibility index (Phi) is 3.11. The Bertz CT molecular complexity index is 464. The summed E-state index contributed by atoms with van der Waals surface area (Å²) in [6, 6.07) is 5.00. The molecule has 1 amide bonds. The molecule has 2 N–H and O–H groups in total. The number of carbonyl (C=O) groups excluding carboxylic acids is 1. The van der Waals surface area contributed by atoms with Gasteiger partial charge in [0.2, 0.25) is 0 Å². The number of hydrogen-bond acceptors (Lipinski definition) is 3. The number of halogens is 1. The Labute approximate surface area is 106 Å². The van der Waals surface area contributed by atoms with Gasteiger partial charge in [-0.25, -0.2) is 0 Å². The number of rotatable bonds is 2. The Hall–Kier alpha value is -1.14. The monoisotopic (exact) mass is 300 g/mol. The van der Waals surface area contributed by atoms with Crippen LogP contribution in [0.2, 0.25) is 0 Å². The van der Waals surface area contributed by atoms with Crippen LogP contribution >= 0.6 is 28.1 Å². The minimum absolute atomic E-state index is 0.154. The first-order valence-electron chi connectivity index (χ1n) is 4.56. The lowest BCUT2D eigenvalue weighted by Gasteiger charge is -2.11. The van der Waals surface area contributed by atoms with E-state index in [2.05, 4.69) is 26.6 Å². The molecule has 1 atom stereocenters. The van der Waals surface area contributed by atoms with Crippen molar-refractivity contribution in [2.45, 2.75) is 6.04 Å². The van der Waals surface area contributed by atoms with Crippen molar-refractivity contribution in [1.82, 2.24) is 10.6 Å². The maximum atomic E-state index is 11.6. The fourth-order valence-electron chi connectivity index (χ4n) is 1.51. The van der Waals surface area contributed by atoms with Crippen molar-refractivity contribution < 1.29 is 9.53 Å². The molecule has 0 radical (unpaired) electrons. The normalized spacial score (nSPS) is 19.2. The van der Waals surface area contributed by atoms with Crippen molar-refractivity contribution in [3.8, 4) is 5.75 Å². The van der Waals surface area contributed by atoms with Gasteiger partial charge in [-0.3, -0.25) is 4.79 Å². The van der Waals surface area contributed by atoms with E-state index < -0.39 is 6.04 Å². The summed E-state index contributed by atoms with van der Waals surface area (Å²) in [5.74, 6) is 0.546. The Balaban J connectivity index is 2.39. The molecule has 0 aliphatic carbocycles. The third kappa shape index (κ3) is 2.03. The maximum absolute atomic E-state index is 11.6. The number of carbonyl (C=O) groups is 1. The zero-order chi connectivity index (χ0) is 11.7. The highest BCUT2D eigenvalue weighted by atomic mass is 79.9. The van der Waals surface area contributed by atoms with E-state index in [1.807, 2.05) is 12.1 Å². The molecule has 1 saturated heterocycles. The van der Waals surface area contributed by atoms with E-state index in [4.69, 9.17) is 17.0 Å². The summed E-state index contributed by atoms with van der Waals surface area (Å²) in [6.45, 7) is 0. The lowest BCUT2D eigenvalue weighted by atomic mass is 10.1. The van der Waals surface area contributed by atoms with Crippen molar-refractivity contribution >= 4 is 39.2 Å². The Morgan fingerprint density at radius 1 is 1.50 bits per heavy atom. The molecular formula is C10H9BrN2O2S. The number of benzene rings is 1. The van der Waals surface area contributed by atoms with Crippen molar-refractivity contribution in [2.75, 3.05) is 7.11 Å². The summed E-state index contributed by atoms with van der Waals surface area (Å²) < 4.78 is 5.96. The molecule has 1 aromatic carbocycles. The number of nitrogens with one attached hydrogen (secondary N) is 2. The molecule has 1 unspecified atom stereocenters.